The molecule has 0 unspecified atom stereocenters. The number of thiophene rings is 1. The number of esters is 1. The molecule has 1 aromatic heterocycles. The second kappa shape index (κ2) is 6.14. The zero-order chi connectivity index (χ0) is 16.4. The highest BCUT2D eigenvalue weighted by Gasteiger charge is 2.17. The normalized spacial score (nSPS) is 10.5. The number of carbonyl (C=O) groups is 1. The molecule has 1 heterocycles. The summed E-state index contributed by atoms with van der Waals surface area (Å²) in [5.74, 6) is -0.0203. The Hall–Kier alpha value is -2.79. The molecule has 3 rings (SSSR count). The van der Waals surface area contributed by atoms with Gasteiger partial charge in [-0.15, -0.1) is 11.3 Å². The first kappa shape index (κ1) is 15.1. The monoisotopic (exact) mass is 326 g/mol. The molecule has 5 heteroatoms. The molecule has 0 saturated heterocycles. The molecule has 0 radical (unpaired) electrons. The highest BCUT2D eigenvalue weighted by Crippen LogP contribution is 2.40. The summed E-state index contributed by atoms with van der Waals surface area (Å²) in [7, 11) is 1.35. The minimum atomic E-state index is -0.389. The number of methoxy groups -OCH3 is 1. The van der Waals surface area contributed by atoms with Gasteiger partial charge in [-0.1, -0.05) is 12.1 Å². The summed E-state index contributed by atoms with van der Waals surface area (Å²) >= 11 is 1.33. The van der Waals surface area contributed by atoms with Gasteiger partial charge in [0.15, 0.2) is 0 Å². The molecule has 0 fully saturated rings. The summed E-state index contributed by atoms with van der Waals surface area (Å²) < 4.78 is 4.81. The lowest BCUT2D eigenvalue weighted by Crippen LogP contribution is -1.96. The third-order valence-corrected chi connectivity index (χ3v) is 4.59. The molecular weight excluding hydrogens is 312 g/mol. The summed E-state index contributed by atoms with van der Waals surface area (Å²) in [6, 6.07) is 15.4. The van der Waals surface area contributed by atoms with Crippen molar-refractivity contribution in [2.75, 3.05) is 7.11 Å². The summed E-state index contributed by atoms with van der Waals surface area (Å²) in [6.07, 6.45) is 0. The van der Waals surface area contributed by atoms with E-state index in [2.05, 4.69) is 0 Å². The number of phenols is 2. The van der Waals surface area contributed by atoms with Crippen molar-refractivity contribution in [2.45, 2.75) is 0 Å². The van der Waals surface area contributed by atoms with Gasteiger partial charge in [0.1, 0.15) is 16.4 Å². The average Bonchev–Trinajstić information content (AvgIpc) is 3.01. The predicted molar refractivity (Wildman–Crippen MR) is 89.9 cm³/mol. The maximum atomic E-state index is 11.9. The fourth-order valence-corrected chi connectivity index (χ4v) is 3.38. The molecular formula is C18H14O4S. The van der Waals surface area contributed by atoms with Crippen molar-refractivity contribution in [3.05, 3.63) is 59.5 Å². The van der Waals surface area contributed by atoms with Crippen LogP contribution in [0.15, 0.2) is 54.6 Å². The third-order valence-electron chi connectivity index (χ3n) is 3.43. The van der Waals surface area contributed by atoms with E-state index in [-0.39, 0.29) is 17.5 Å². The van der Waals surface area contributed by atoms with Gasteiger partial charge in [0.05, 0.1) is 7.11 Å². The molecule has 4 nitrogen and oxygen atoms in total. The van der Waals surface area contributed by atoms with Crippen molar-refractivity contribution in [2.24, 2.45) is 0 Å². The number of hydrogen-bond acceptors (Lipinski definition) is 5. The van der Waals surface area contributed by atoms with Crippen LogP contribution < -0.4 is 0 Å². The molecule has 0 bridgehead atoms. The van der Waals surface area contributed by atoms with Gasteiger partial charge in [-0.05, 0) is 53.6 Å². The first-order valence-electron chi connectivity index (χ1n) is 6.89. The molecule has 0 spiro atoms. The van der Waals surface area contributed by atoms with E-state index in [1.165, 1.54) is 18.4 Å². The van der Waals surface area contributed by atoms with Crippen LogP contribution in [0.4, 0.5) is 0 Å². The molecule has 0 aliphatic rings. The van der Waals surface area contributed by atoms with E-state index in [1.807, 2.05) is 0 Å². The molecule has 0 aliphatic heterocycles. The van der Waals surface area contributed by atoms with Crippen molar-refractivity contribution in [1.82, 2.24) is 0 Å². The van der Waals surface area contributed by atoms with Gasteiger partial charge < -0.3 is 14.9 Å². The number of phenolic OH excluding ortho intramolecular Hbond substituents is 2. The molecule has 2 N–H and O–H groups in total. The lowest BCUT2D eigenvalue weighted by atomic mass is 10.0. The van der Waals surface area contributed by atoms with E-state index in [9.17, 15) is 15.0 Å². The maximum Gasteiger partial charge on any atom is 0.348 e. The minimum absolute atomic E-state index is 0.184. The van der Waals surface area contributed by atoms with Gasteiger partial charge in [0, 0.05) is 10.4 Å². The largest absolute Gasteiger partial charge is 0.508 e. The maximum absolute atomic E-state index is 11.9. The van der Waals surface area contributed by atoms with Crippen molar-refractivity contribution < 1.29 is 19.7 Å². The number of hydrogen-bond donors (Lipinski definition) is 2. The van der Waals surface area contributed by atoms with E-state index in [4.69, 9.17) is 4.74 Å². The number of aromatic hydroxyl groups is 2. The van der Waals surface area contributed by atoms with Gasteiger partial charge in [0.25, 0.3) is 0 Å². The second-order valence-corrected chi connectivity index (χ2v) is 5.99. The molecule has 116 valence electrons. The van der Waals surface area contributed by atoms with Crippen LogP contribution >= 0.6 is 11.3 Å². The molecule has 23 heavy (non-hydrogen) atoms. The summed E-state index contributed by atoms with van der Waals surface area (Å²) in [6.45, 7) is 0. The predicted octanol–water partition coefficient (Wildman–Crippen LogP) is 4.28. The summed E-state index contributed by atoms with van der Waals surface area (Å²) in [4.78, 5) is 13.3. The van der Waals surface area contributed by atoms with Gasteiger partial charge in [-0.2, -0.15) is 0 Å². The lowest BCUT2D eigenvalue weighted by Gasteiger charge is -2.05. The standard InChI is InChI=1S/C18H14O4S/c1-22-18(21)16-10-15(11-2-6-13(19)7-3-11)17(23-16)12-4-8-14(20)9-5-12/h2-10,19-20H,1H3. The van der Waals surface area contributed by atoms with Crippen LogP contribution in [-0.2, 0) is 4.74 Å². The zero-order valence-corrected chi connectivity index (χ0v) is 13.1. The highest BCUT2D eigenvalue weighted by molar-refractivity contribution is 7.18. The number of benzene rings is 2. The Bertz CT molecular complexity index is 769. The van der Waals surface area contributed by atoms with Gasteiger partial charge in [-0.3, -0.25) is 0 Å². The van der Waals surface area contributed by atoms with Crippen LogP contribution in [0, 0.1) is 0 Å². The van der Waals surface area contributed by atoms with E-state index in [0.717, 1.165) is 21.6 Å². The second-order valence-electron chi connectivity index (χ2n) is 4.94. The Morgan fingerprint density at radius 1 is 0.913 bits per heavy atom. The minimum Gasteiger partial charge on any atom is -0.508 e. The fourth-order valence-electron chi connectivity index (χ4n) is 2.27. The van der Waals surface area contributed by atoms with Crippen molar-refractivity contribution >= 4 is 17.3 Å². The Morgan fingerprint density at radius 2 is 1.43 bits per heavy atom. The van der Waals surface area contributed by atoms with E-state index in [0.29, 0.717) is 4.88 Å². The number of ether oxygens (including phenoxy) is 1. The molecule has 0 amide bonds. The van der Waals surface area contributed by atoms with Gasteiger partial charge in [-0.25, -0.2) is 4.79 Å². The van der Waals surface area contributed by atoms with E-state index in [1.54, 1.807) is 54.6 Å². The van der Waals surface area contributed by atoms with Crippen LogP contribution in [0.2, 0.25) is 0 Å². The van der Waals surface area contributed by atoms with Gasteiger partial charge >= 0.3 is 5.97 Å². The van der Waals surface area contributed by atoms with Crippen LogP contribution in [0.25, 0.3) is 21.6 Å². The SMILES string of the molecule is COC(=O)c1cc(-c2ccc(O)cc2)c(-c2ccc(O)cc2)s1. The molecule has 2 aromatic carbocycles. The summed E-state index contributed by atoms with van der Waals surface area (Å²) in [5, 5.41) is 18.9. The molecule has 3 aromatic rings. The Labute approximate surface area is 137 Å². The molecule has 0 aliphatic carbocycles. The summed E-state index contributed by atoms with van der Waals surface area (Å²) in [5.41, 5.74) is 2.66. The lowest BCUT2D eigenvalue weighted by molar-refractivity contribution is 0.0606. The first-order valence-corrected chi connectivity index (χ1v) is 7.71. The van der Waals surface area contributed by atoms with Crippen LogP contribution in [-0.4, -0.2) is 23.3 Å². The quantitative estimate of drug-likeness (QED) is 0.705. The smallest absolute Gasteiger partial charge is 0.348 e. The van der Waals surface area contributed by atoms with E-state index >= 15 is 0 Å². The topological polar surface area (TPSA) is 66.8 Å². The Balaban J connectivity index is 2.16. The zero-order valence-electron chi connectivity index (χ0n) is 12.3. The third kappa shape index (κ3) is 3.05. The number of rotatable bonds is 3. The Kier molecular flexibility index (Phi) is 4.04. The van der Waals surface area contributed by atoms with Gasteiger partial charge in [0.2, 0.25) is 0 Å². The number of carbonyl (C=O) groups excluding carboxylic acids is 1. The fraction of sp³-hybridized carbons (Fsp3) is 0.0556. The molecule has 0 saturated carbocycles. The van der Waals surface area contributed by atoms with Crippen LogP contribution in [0.1, 0.15) is 9.67 Å². The Morgan fingerprint density at radius 3 is 1.96 bits per heavy atom. The van der Waals surface area contributed by atoms with Crippen molar-refractivity contribution in [3.63, 3.8) is 0 Å². The van der Waals surface area contributed by atoms with Crippen LogP contribution in [0.3, 0.4) is 0 Å². The van der Waals surface area contributed by atoms with E-state index < -0.39 is 0 Å². The van der Waals surface area contributed by atoms with Crippen molar-refractivity contribution in [1.29, 1.82) is 0 Å². The van der Waals surface area contributed by atoms with Crippen molar-refractivity contribution in [3.8, 4) is 33.1 Å². The molecule has 0 atom stereocenters. The highest BCUT2D eigenvalue weighted by atomic mass is 32.1. The average molecular weight is 326 g/mol. The van der Waals surface area contributed by atoms with Crippen LogP contribution in [0.5, 0.6) is 11.5 Å². The first-order chi connectivity index (χ1) is 11.1.